The van der Waals surface area contributed by atoms with Crippen LogP contribution in [0.1, 0.15) is 17.5 Å². The third-order valence-corrected chi connectivity index (χ3v) is 4.57. The quantitative estimate of drug-likeness (QED) is 0.780. The maximum Gasteiger partial charge on any atom is 0.287 e. The van der Waals surface area contributed by atoms with Crippen molar-refractivity contribution >= 4 is 23.4 Å². The lowest BCUT2D eigenvalue weighted by Gasteiger charge is -2.35. The Bertz CT molecular complexity index is 799. The molecule has 8 nitrogen and oxygen atoms in total. The molecule has 1 saturated heterocycles. The van der Waals surface area contributed by atoms with Gasteiger partial charge in [0.1, 0.15) is 6.04 Å². The van der Waals surface area contributed by atoms with Crippen molar-refractivity contribution in [1.29, 1.82) is 0 Å². The number of hydrogen-bond acceptors (Lipinski definition) is 5. The molecular weight excluding hydrogens is 360 g/mol. The summed E-state index contributed by atoms with van der Waals surface area (Å²) in [4.78, 5) is 40.4. The van der Waals surface area contributed by atoms with E-state index in [0.29, 0.717) is 26.2 Å². The lowest BCUT2D eigenvalue weighted by Crippen LogP contribution is -2.55. The first-order chi connectivity index (χ1) is 13.5. The number of amides is 3. The molecule has 1 aliphatic rings. The third kappa shape index (κ3) is 5.20. The SMILES string of the molecule is CC(NC(=O)c1ccco1)C(=O)N1CCN(CC(=O)Nc2ccccc2)CC1. The number of carbonyl (C=O) groups is 3. The van der Waals surface area contributed by atoms with Crippen molar-refractivity contribution in [2.24, 2.45) is 0 Å². The highest BCUT2D eigenvalue weighted by atomic mass is 16.3. The van der Waals surface area contributed by atoms with Crippen LogP contribution in [0.2, 0.25) is 0 Å². The zero-order valence-corrected chi connectivity index (χ0v) is 15.8. The van der Waals surface area contributed by atoms with Crippen molar-refractivity contribution in [2.45, 2.75) is 13.0 Å². The molecule has 28 heavy (non-hydrogen) atoms. The van der Waals surface area contributed by atoms with Gasteiger partial charge in [-0.2, -0.15) is 0 Å². The second kappa shape index (κ2) is 9.18. The van der Waals surface area contributed by atoms with Gasteiger partial charge in [0.05, 0.1) is 12.8 Å². The molecule has 1 aliphatic heterocycles. The van der Waals surface area contributed by atoms with Crippen LogP contribution < -0.4 is 10.6 Å². The Labute approximate surface area is 163 Å². The van der Waals surface area contributed by atoms with Gasteiger partial charge in [-0.05, 0) is 31.2 Å². The van der Waals surface area contributed by atoms with Gasteiger partial charge in [0.2, 0.25) is 11.8 Å². The highest BCUT2D eigenvalue weighted by Crippen LogP contribution is 2.08. The number of piperazine rings is 1. The fraction of sp³-hybridized carbons (Fsp3) is 0.350. The lowest BCUT2D eigenvalue weighted by atomic mass is 10.2. The predicted molar refractivity (Wildman–Crippen MR) is 104 cm³/mol. The molecule has 0 radical (unpaired) electrons. The summed E-state index contributed by atoms with van der Waals surface area (Å²) < 4.78 is 5.03. The zero-order valence-electron chi connectivity index (χ0n) is 15.8. The molecule has 2 heterocycles. The third-order valence-electron chi connectivity index (χ3n) is 4.57. The molecule has 0 aliphatic carbocycles. The molecule has 3 amide bonds. The summed E-state index contributed by atoms with van der Waals surface area (Å²) in [6.07, 6.45) is 1.41. The van der Waals surface area contributed by atoms with Gasteiger partial charge in [-0.15, -0.1) is 0 Å². The van der Waals surface area contributed by atoms with Crippen LogP contribution in [0.4, 0.5) is 5.69 Å². The molecule has 0 spiro atoms. The fourth-order valence-electron chi connectivity index (χ4n) is 3.06. The molecule has 148 valence electrons. The number of anilines is 1. The van der Waals surface area contributed by atoms with Gasteiger partial charge >= 0.3 is 0 Å². The molecule has 2 N–H and O–H groups in total. The highest BCUT2D eigenvalue weighted by molar-refractivity contribution is 5.95. The Morgan fingerprint density at radius 3 is 2.39 bits per heavy atom. The normalized spacial score (nSPS) is 15.7. The smallest absolute Gasteiger partial charge is 0.287 e. The average molecular weight is 384 g/mol. The van der Waals surface area contributed by atoms with E-state index in [-0.39, 0.29) is 24.1 Å². The summed E-state index contributed by atoms with van der Waals surface area (Å²) in [6.45, 7) is 4.17. The van der Waals surface area contributed by atoms with Gasteiger partial charge in [-0.3, -0.25) is 19.3 Å². The van der Waals surface area contributed by atoms with Crippen LogP contribution in [0.3, 0.4) is 0 Å². The highest BCUT2D eigenvalue weighted by Gasteiger charge is 2.27. The number of nitrogens with zero attached hydrogens (tertiary/aromatic N) is 2. The molecule has 8 heteroatoms. The van der Waals surface area contributed by atoms with Crippen molar-refractivity contribution in [3.8, 4) is 0 Å². The van der Waals surface area contributed by atoms with E-state index in [4.69, 9.17) is 4.42 Å². The molecule has 0 bridgehead atoms. The van der Waals surface area contributed by atoms with E-state index in [2.05, 4.69) is 10.6 Å². The Morgan fingerprint density at radius 1 is 1.04 bits per heavy atom. The second-order valence-electron chi connectivity index (χ2n) is 6.69. The van der Waals surface area contributed by atoms with Crippen molar-refractivity contribution in [1.82, 2.24) is 15.1 Å². The first kappa shape index (κ1) is 19.6. The number of rotatable bonds is 6. The molecule has 1 fully saturated rings. The maximum absolute atomic E-state index is 12.6. The number of nitrogens with one attached hydrogen (secondary N) is 2. The second-order valence-corrected chi connectivity index (χ2v) is 6.69. The summed E-state index contributed by atoms with van der Waals surface area (Å²) in [6, 6.07) is 11.8. The Hall–Kier alpha value is -3.13. The minimum atomic E-state index is -0.648. The minimum Gasteiger partial charge on any atom is -0.459 e. The van der Waals surface area contributed by atoms with Gasteiger partial charge in [0.25, 0.3) is 5.91 Å². The largest absolute Gasteiger partial charge is 0.459 e. The zero-order chi connectivity index (χ0) is 19.9. The first-order valence-electron chi connectivity index (χ1n) is 9.23. The van der Waals surface area contributed by atoms with E-state index in [1.54, 1.807) is 24.0 Å². The fourth-order valence-corrected chi connectivity index (χ4v) is 3.06. The number of hydrogen-bond donors (Lipinski definition) is 2. The van der Waals surface area contributed by atoms with Crippen molar-refractivity contribution in [3.05, 3.63) is 54.5 Å². The summed E-state index contributed by atoms with van der Waals surface area (Å²) in [7, 11) is 0. The predicted octanol–water partition coefficient (Wildman–Crippen LogP) is 1.18. The summed E-state index contributed by atoms with van der Waals surface area (Å²) in [5, 5.41) is 5.51. The van der Waals surface area contributed by atoms with E-state index in [9.17, 15) is 14.4 Å². The standard InChI is InChI=1S/C20H24N4O4/c1-15(21-19(26)17-8-5-13-28-17)20(27)24-11-9-23(10-12-24)14-18(25)22-16-6-3-2-4-7-16/h2-8,13,15H,9-12,14H2,1H3,(H,21,26)(H,22,25). The number of carbonyl (C=O) groups excluding carboxylic acids is 3. The van der Waals surface area contributed by atoms with Crippen LogP contribution in [0.5, 0.6) is 0 Å². The van der Waals surface area contributed by atoms with Gasteiger partial charge < -0.3 is 20.0 Å². The van der Waals surface area contributed by atoms with Crippen molar-refractivity contribution in [3.63, 3.8) is 0 Å². The summed E-state index contributed by atoms with van der Waals surface area (Å²) in [5.74, 6) is -0.464. The van der Waals surface area contributed by atoms with Crippen LogP contribution in [-0.4, -0.2) is 66.3 Å². The molecule has 0 saturated carbocycles. The molecule has 2 aromatic rings. The van der Waals surface area contributed by atoms with E-state index < -0.39 is 11.9 Å². The Kier molecular flexibility index (Phi) is 6.44. The Morgan fingerprint density at radius 2 is 1.75 bits per heavy atom. The van der Waals surface area contributed by atoms with Crippen LogP contribution in [0.15, 0.2) is 53.1 Å². The van der Waals surface area contributed by atoms with Crippen LogP contribution in [0, 0.1) is 0 Å². The molecule has 1 aromatic heterocycles. The molecule has 1 atom stereocenters. The van der Waals surface area contributed by atoms with Gasteiger partial charge in [-0.25, -0.2) is 0 Å². The molecule has 3 rings (SSSR count). The van der Waals surface area contributed by atoms with Gasteiger partial charge in [0.15, 0.2) is 5.76 Å². The van der Waals surface area contributed by atoms with E-state index in [1.807, 2.05) is 35.2 Å². The number of furan rings is 1. The van der Waals surface area contributed by atoms with E-state index >= 15 is 0 Å². The Balaban J connectivity index is 1.42. The van der Waals surface area contributed by atoms with Crippen LogP contribution in [0.25, 0.3) is 0 Å². The summed E-state index contributed by atoms with van der Waals surface area (Å²) in [5.41, 5.74) is 0.766. The minimum absolute atomic E-state index is 0.0787. The number of benzene rings is 1. The van der Waals surface area contributed by atoms with Crippen molar-refractivity contribution < 1.29 is 18.8 Å². The van der Waals surface area contributed by atoms with Crippen molar-refractivity contribution in [2.75, 3.05) is 38.0 Å². The average Bonchev–Trinajstić information content (AvgIpc) is 3.23. The lowest BCUT2D eigenvalue weighted by molar-refractivity contribution is -0.134. The number of para-hydroxylation sites is 1. The molecular formula is C20H24N4O4. The first-order valence-corrected chi connectivity index (χ1v) is 9.23. The maximum atomic E-state index is 12.6. The van der Waals surface area contributed by atoms with Gasteiger partial charge in [0, 0.05) is 31.9 Å². The van der Waals surface area contributed by atoms with Crippen LogP contribution >= 0.6 is 0 Å². The van der Waals surface area contributed by atoms with E-state index in [0.717, 1.165) is 5.69 Å². The van der Waals surface area contributed by atoms with Gasteiger partial charge in [-0.1, -0.05) is 18.2 Å². The molecule has 1 aromatic carbocycles. The topological polar surface area (TPSA) is 94.9 Å². The summed E-state index contributed by atoms with van der Waals surface area (Å²) >= 11 is 0. The van der Waals surface area contributed by atoms with E-state index in [1.165, 1.54) is 6.26 Å². The van der Waals surface area contributed by atoms with Crippen LogP contribution in [-0.2, 0) is 9.59 Å². The molecule has 1 unspecified atom stereocenters. The monoisotopic (exact) mass is 384 g/mol.